The first-order valence-electron chi connectivity index (χ1n) is 6.09. The Morgan fingerprint density at radius 1 is 1.29 bits per heavy atom. The van der Waals surface area contributed by atoms with E-state index >= 15 is 0 Å². The third-order valence-corrected chi connectivity index (χ3v) is 4.67. The minimum atomic E-state index is -0.932. The summed E-state index contributed by atoms with van der Waals surface area (Å²) in [5.41, 5.74) is 2.08. The van der Waals surface area contributed by atoms with E-state index in [1.165, 1.54) is 0 Å². The molecule has 0 bridgehead atoms. The minimum Gasteiger partial charge on any atom is -0.478 e. The van der Waals surface area contributed by atoms with Crippen LogP contribution in [-0.4, -0.2) is 25.7 Å². The molecule has 3 aromatic rings. The van der Waals surface area contributed by atoms with E-state index in [1.54, 1.807) is 23.9 Å². The zero-order chi connectivity index (χ0) is 14.8. The lowest BCUT2D eigenvalue weighted by molar-refractivity contribution is 0.0697. The summed E-state index contributed by atoms with van der Waals surface area (Å²) in [6.07, 6.45) is 1.92. The van der Waals surface area contributed by atoms with E-state index in [-0.39, 0.29) is 5.56 Å². The summed E-state index contributed by atoms with van der Waals surface area (Å²) in [7, 11) is 0. The van der Waals surface area contributed by atoms with Gasteiger partial charge in [0.05, 0.1) is 5.56 Å². The lowest BCUT2D eigenvalue weighted by Gasteiger charge is -2.05. The third kappa shape index (κ3) is 2.93. The lowest BCUT2D eigenvalue weighted by atomic mass is 10.1. The van der Waals surface area contributed by atoms with Crippen LogP contribution in [0.5, 0.6) is 0 Å². The van der Waals surface area contributed by atoms with Gasteiger partial charge in [-0.15, -0.1) is 10.2 Å². The van der Waals surface area contributed by atoms with Crippen molar-refractivity contribution in [3.05, 3.63) is 58.2 Å². The summed E-state index contributed by atoms with van der Waals surface area (Å²) >= 11 is 4.96. The van der Waals surface area contributed by atoms with Crippen LogP contribution < -0.4 is 0 Å². The SMILES string of the molecule is O=C(O)c1ccc(CSc2nnc3ccccn23)c(Br)c1. The Morgan fingerprint density at radius 3 is 2.90 bits per heavy atom. The molecule has 1 aromatic carbocycles. The molecule has 0 radical (unpaired) electrons. The summed E-state index contributed by atoms with van der Waals surface area (Å²) in [6.45, 7) is 0. The number of aromatic nitrogens is 3. The van der Waals surface area contributed by atoms with E-state index < -0.39 is 5.97 Å². The molecule has 5 nitrogen and oxygen atoms in total. The van der Waals surface area contributed by atoms with Crippen LogP contribution in [0.25, 0.3) is 5.65 Å². The van der Waals surface area contributed by atoms with Crippen LogP contribution in [0.3, 0.4) is 0 Å². The zero-order valence-electron chi connectivity index (χ0n) is 10.7. The van der Waals surface area contributed by atoms with Gasteiger partial charge in [0.1, 0.15) is 0 Å². The van der Waals surface area contributed by atoms with Gasteiger partial charge in [0.25, 0.3) is 0 Å². The number of hydrogen-bond donors (Lipinski definition) is 1. The van der Waals surface area contributed by atoms with Crippen molar-refractivity contribution in [2.75, 3.05) is 0 Å². The van der Waals surface area contributed by atoms with Gasteiger partial charge in [0, 0.05) is 16.4 Å². The number of fused-ring (bicyclic) bond motifs is 1. The minimum absolute atomic E-state index is 0.267. The molecule has 7 heteroatoms. The molecule has 106 valence electrons. The summed E-state index contributed by atoms with van der Waals surface area (Å²) < 4.78 is 2.70. The number of benzene rings is 1. The van der Waals surface area contributed by atoms with Crippen LogP contribution in [-0.2, 0) is 5.75 Å². The summed E-state index contributed by atoms with van der Waals surface area (Å²) in [5.74, 6) is -0.255. The van der Waals surface area contributed by atoms with E-state index in [2.05, 4.69) is 26.1 Å². The monoisotopic (exact) mass is 363 g/mol. The van der Waals surface area contributed by atoms with E-state index in [9.17, 15) is 4.79 Å². The number of aromatic carboxylic acids is 1. The highest BCUT2D eigenvalue weighted by Crippen LogP contribution is 2.27. The smallest absolute Gasteiger partial charge is 0.335 e. The second-order valence-corrected chi connectivity index (χ2v) is 6.11. The largest absolute Gasteiger partial charge is 0.478 e. The van der Waals surface area contributed by atoms with Crippen LogP contribution >= 0.6 is 27.7 Å². The van der Waals surface area contributed by atoms with Gasteiger partial charge >= 0.3 is 5.97 Å². The highest BCUT2D eigenvalue weighted by Gasteiger charge is 2.09. The van der Waals surface area contributed by atoms with Gasteiger partial charge < -0.3 is 5.11 Å². The van der Waals surface area contributed by atoms with E-state index in [0.717, 1.165) is 20.8 Å². The molecule has 0 aliphatic heterocycles. The van der Waals surface area contributed by atoms with Gasteiger partial charge in [-0.1, -0.05) is 39.8 Å². The van der Waals surface area contributed by atoms with Gasteiger partial charge in [-0.2, -0.15) is 0 Å². The van der Waals surface area contributed by atoms with Gasteiger partial charge in [-0.25, -0.2) is 4.79 Å². The van der Waals surface area contributed by atoms with E-state index in [1.807, 2.05) is 34.9 Å². The summed E-state index contributed by atoms with van der Waals surface area (Å²) in [4.78, 5) is 10.9. The van der Waals surface area contributed by atoms with E-state index in [4.69, 9.17) is 5.11 Å². The van der Waals surface area contributed by atoms with Crippen LogP contribution in [0.2, 0.25) is 0 Å². The van der Waals surface area contributed by atoms with E-state index in [0.29, 0.717) is 5.75 Å². The topological polar surface area (TPSA) is 67.5 Å². The third-order valence-electron chi connectivity index (χ3n) is 2.94. The van der Waals surface area contributed by atoms with Gasteiger partial charge in [-0.3, -0.25) is 4.40 Å². The molecule has 0 saturated carbocycles. The van der Waals surface area contributed by atoms with Crippen molar-refractivity contribution in [1.29, 1.82) is 0 Å². The highest BCUT2D eigenvalue weighted by atomic mass is 79.9. The van der Waals surface area contributed by atoms with Gasteiger partial charge in [0.15, 0.2) is 10.8 Å². The van der Waals surface area contributed by atoms with Crippen molar-refractivity contribution >= 4 is 39.3 Å². The van der Waals surface area contributed by atoms with Crippen LogP contribution in [0.15, 0.2) is 52.2 Å². The molecule has 2 heterocycles. The zero-order valence-corrected chi connectivity index (χ0v) is 13.1. The Bertz CT molecular complexity index is 819. The first-order chi connectivity index (χ1) is 10.1. The number of pyridine rings is 1. The number of carbonyl (C=O) groups is 1. The second-order valence-electron chi connectivity index (χ2n) is 4.31. The Kier molecular flexibility index (Phi) is 3.94. The van der Waals surface area contributed by atoms with Crippen molar-refractivity contribution < 1.29 is 9.90 Å². The average Bonchev–Trinajstić information content (AvgIpc) is 2.89. The van der Waals surface area contributed by atoms with Crippen LogP contribution in [0.4, 0.5) is 0 Å². The number of halogens is 1. The highest BCUT2D eigenvalue weighted by molar-refractivity contribution is 9.10. The number of rotatable bonds is 4. The fraction of sp³-hybridized carbons (Fsp3) is 0.0714. The molecule has 21 heavy (non-hydrogen) atoms. The molecule has 0 spiro atoms. The van der Waals surface area contributed by atoms with Crippen LogP contribution in [0, 0.1) is 0 Å². The molecule has 0 fully saturated rings. The number of hydrogen-bond acceptors (Lipinski definition) is 4. The molecule has 0 aliphatic rings. The maximum atomic E-state index is 10.9. The summed E-state index contributed by atoms with van der Waals surface area (Å²) in [5, 5.41) is 18.0. The van der Waals surface area contributed by atoms with Crippen molar-refractivity contribution in [2.24, 2.45) is 0 Å². The molecule has 0 saturated heterocycles. The molecular weight excluding hydrogens is 354 g/mol. The maximum Gasteiger partial charge on any atom is 0.335 e. The molecule has 3 rings (SSSR count). The molecule has 1 N–H and O–H groups in total. The fourth-order valence-corrected chi connectivity index (χ4v) is 3.49. The standard InChI is InChI=1S/C14H10BrN3O2S/c15-11-7-9(13(19)20)4-5-10(11)8-21-14-17-16-12-3-1-2-6-18(12)14/h1-7H,8H2,(H,19,20). The molecular formula is C14H10BrN3O2S. The quantitative estimate of drug-likeness (QED) is 0.718. The maximum absolute atomic E-state index is 10.9. The molecule has 2 aromatic heterocycles. The number of carboxylic acid groups (broad SMARTS) is 1. The van der Waals surface area contributed by atoms with Crippen molar-refractivity contribution in [2.45, 2.75) is 10.9 Å². The van der Waals surface area contributed by atoms with Crippen LogP contribution in [0.1, 0.15) is 15.9 Å². The Morgan fingerprint density at radius 2 is 2.14 bits per heavy atom. The first-order valence-corrected chi connectivity index (χ1v) is 7.87. The molecule has 0 aliphatic carbocycles. The first kappa shape index (κ1) is 14.1. The molecule has 0 amide bonds. The lowest BCUT2D eigenvalue weighted by Crippen LogP contribution is -1.97. The van der Waals surface area contributed by atoms with Gasteiger partial charge in [-0.05, 0) is 29.8 Å². The summed E-state index contributed by atoms with van der Waals surface area (Å²) in [6, 6.07) is 10.8. The molecule has 0 atom stereocenters. The van der Waals surface area contributed by atoms with Crippen molar-refractivity contribution in [1.82, 2.24) is 14.6 Å². The predicted molar refractivity (Wildman–Crippen MR) is 83.6 cm³/mol. The van der Waals surface area contributed by atoms with Crippen molar-refractivity contribution in [3.8, 4) is 0 Å². The Balaban J connectivity index is 1.80. The number of nitrogens with zero attached hydrogens (tertiary/aromatic N) is 3. The fourth-order valence-electron chi connectivity index (χ4n) is 1.86. The number of thioether (sulfide) groups is 1. The normalized spacial score (nSPS) is 10.9. The molecule has 0 unspecified atom stereocenters. The second kappa shape index (κ2) is 5.87. The average molecular weight is 364 g/mol. The Hall–Kier alpha value is -1.86. The van der Waals surface area contributed by atoms with Crippen molar-refractivity contribution in [3.63, 3.8) is 0 Å². The Labute approximate surface area is 133 Å². The predicted octanol–water partition coefficient (Wildman–Crippen LogP) is 3.48. The number of carboxylic acids is 1. The van der Waals surface area contributed by atoms with Gasteiger partial charge in [0.2, 0.25) is 0 Å².